The molecule has 3 N–H and O–H groups in total. The molecular formula is C26H23N5O2. The second-order valence-corrected chi connectivity index (χ2v) is 8.23. The van der Waals surface area contributed by atoms with Crippen LogP contribution in [0.25, 0.3) is 16.9 Å². The zero-order chi connectivity index (χ0) is 22.9. The first-order valence-electron chi connectivity index (χ1n) is 10.8. The van der Waals surface area contributed by atoms with Gasteiger partial charge in [0.05, 0.1) is 23.1 Å². The molecule has 2 aromatic carbocycles. The quantitative estimate of drug-likeness (QED) is 0.445. The van der Waals surface area contributed by atoms with Crippen molar-refractivity contribution in [1.82, 2.24) is 20.1 Å². The van der Waals surface area contributed by atoms with Crippen molar-refractivity contribution in [2.75, 3.05) is 5.73 Å². The Balaban J connectivity index is 1.46. The number of carbonyl (C=O) groups excluding carboxylic acids is 2. The largest absolute Gasteiger partial charge is 0.383 e. The highest BCUT2D eigenvalue weighted by molar-refractivity contribution is 6.12. The molecule has 0 spiro atoms. The lowest BCUT2D eigenvalue weighted by molar-refractivity contribution is 0.0950. The summed E-state index contributed by atoms with van der Waals surface area (Å²) in [5, 5.41) is 7.36. The van der Waals surface area contributed by atoms with Crippen molar-refractivity contribution in [2.45, 2.75) is 25.8 Å². The van der Waals surface area contributed by atoms with Crippen LogP contribution in [0.4, 0.5) is 5.82 Å². The summed E-state index contributed by atoms with van der Waals surface area (Å²) in [6.45, 7) is 1.91. The van der Waals surface area contributed by atoms with E-state index >= 15 is 0 Å². The summed E-state index contributed by atoms with van der Waals surface area (Å²) in [6, 6.07) is 18.6. The summed E-state index contributed by atoms with van der Waals surface area (Å²) in [7, 11) is 0. The van der Waals surface area contributed by atoms with E-state index in [9.17, 15) is 9.59 Å². The molecule has 7 nitrogen and oxygen atoms in total. The summed E-state index contributed by atoms with van der Waals surface area (Å²) in [5.74, 6) is -0.116. The number of anilines is 1. The molecule has 0 saturated heterocycles. The normalized spacial score (nSPS) is 13.0. The molecule has 2 aromatic heterocycles. The van der Waals surface area contributed by atoms with Crippen molar-refractivity contribution in [2.24, 2.45) is 0 Å². The number of amides is 1. The topological polar surface area (TPSA) is 103 Å². The molecule has 1 aliphatic rings. The zero-order valence-electron chi connectivity index (χ0n) is 18.2. The van der Waals surface area contributed by atoms with Crippen molar-refractivity contribution in [3.8, 4) is 16.9 Å². The van der Waals surface area contributed by atoms with Crippen LogP contribution in [-0.4, -0.2) is 32.5 Å². The molecule has 1 aliphatic carbocycles. The maximum absolute atomic E-state index is 13.3. The number of nitrogens with two attached hydrogens (primary N) is 1. The first-order valence-corrected chi connectivity index (χ1v) is 10.8. The Labute approximate surface area is 191 Å². The van der Waals surface area contributed by atoms with E-state index in [-0.39, 0.29) is 23.6 Å². The fraction of sp³-hybridized carbons (Fsp3) is 0.154. The summed E-state index contributed by atoms with van der Waals surface area (Å²) < 4.78 is 1.51. The van der Waals surface area contributed by atoms with Gasteiger partial charge in [-0.3, -0.25) is 14.6 Å². The van der Waals surface area contributed by atoms with Crippen molar-refractivity contribution < 1.29 is 9.59 Å². The lowest BCUT2D eigenvalue weighted by atomic mass is 10.0. The number of nitrogen functional groups attached to an aromatic ring is 1. The average Bonchev–Trinajstić information content (AvgIpc) is 3.58. The molecule has 0 unspecified atom stereocenters. The van der Waals surface area contributed by atoms with Gasteiger partial charge in [-0.1, -0.05) is 30.3 Å². The van der Waals surface area contributed by atoms with E-state index in [2.05, 4.69) is 15.4 Å². The fourth-order valence-electron chi connectivity index (χ4n) is 3.71. The predicted molar refractivity (Wildman–Crippen MR) is 126 cm³/mol. The van der Waals surface area contributed by atoms with Gasteiger partial charge in [0.1, 0.15) is 5.82 Å². The number of hydrogen-bond donors (Lipinski definition) is 2. The molecule has 0 radical (unpaired) electrons. The monoisotopic (exact) mass is 437 g/mol. The van der Waals surface area contributed by atoms with E-state index in [1.165, 1.54) is 10.9 Å². The van der Waals surface area contributed by atoms with Crippen molar-refractivity contribution in [1.29, 1.82) is 0 Å². The SMILES string of the molecule is Cc1ccc(C(=O)NC2CC2)cc1-n1ncc(C(=O)c2cccc(-c3ccccn3)c2)c1N. The van der Waals surface area contributed by atoms with E-state index in [4.69, 9.17) is 5.73 Å². The summed E-state index contributed by atoms with van der Waals surface area (Å²) in [5.41, 5.74) is 10.9. The van der Waals surface area contributed by atoms with Crippen molar-refractivity contribution >= 4 is 17.5 Å². The highest BCUT2D eigenvalue weighted by Crippen LogP contribution is 2.26. The molecule has 0 bridgehead atoms. The Morgan fingerprint density at radius 1 is 1.03 bits per heavy atom. The minimum atomic E-state index is -0.225. The molecular weight excluding hydrogens is 414 g/mol. The third-order valence-corrected chi connectivity index (χ3v) is 5.75. The molecule has 2 heterocycles. The van der Waals surface area contributed by atoms with Crippen LogP contribution in [-0.2, 0) is 0 Å². The van der Waals surface area contributed by atoms with Crippen LogP contribution in [0.2, 0.25) is 0 Å². The molecule has 164 valence electrons. The minimum Gasteiger partial charge on any atom is -0.383 e. The molecule has 0 atom stereocenters. The predicted octanol–water partition coefficient (Wildman–Crippen LogP) is 3.95. The molecule has 1 saturated carbocycles. The summed E-state index contributed by atoms with van der Waals surface area (Å²) >= 11 is 0. The number of benzene rings is 2. The Morgan fingerprint density at radius 2 is 1.88 bits per heavy atom. The lowest BCUT2D eigenvalue weighted by Gasteiger charge is -2.11. The molecule has 33 heavy (non-hydrogen) atoms. The van der Waals surface area contributed by atoms with Gasteiger partial charge >= 0.3 is 0 Å². The third kappa shape index (κ3) is 4.13. The van der Waals surface area contributed by atoms with Crippen LogP contribution in [0.3, 0.4) is 0 Å². The number of nitrogens with zero attached hydrogens (tertiary/aromatic N) is 3. The zero-order valence-corrected chi connectivity index (χ0v) is 18.2. The van der Waals surface area contributed by atoms with Gasteiger partial charge < -0.3 is 11.1 Å². The van der Waals surface area contributed by atoms with Gasteiger partial charge in [0.15, 0.2) is 5.78 Å². The summed E-state index contributed by atoms with van der Waals surface area (Å²) in [4.78, 5) is 30.1. The number of rotatable bonds is 6. The number of carbonyl (C=O) groups is 2. The van der Waals surface area contributed by atoms with Crippen LogP contribution in [0.5, 0.6) is 0 Å². The van der Waals surface area contributed by atoms with E-state index < -0.39 is 0 Å². The first kappa shape index (κ1) is 20.6. The molecule has 5 rings (SSSR count). The minimum absolute atomic E-state index is 0.118. The molecule has 1 fully saturated rings. The smallest absolute Gasteiger partial charge is 0.251 e. The maximum atomic E-state index is 13.3. The fourth-order valence-corrected chi connectivity index (χ4v) is 3.71. The Kier molecular flexibility index (Phi) is 5.22. The van der Waals surface area contributed by atoms with Crippen LogP contribution < -0.4 is 11.1 Å². The van der Waals surface area contributed by atoms with Crippen LogP contribution in [0.1, 0.15) is 44.7 Å². The molecule has 1 amide bonds. The van der Waals surface area contributed by atoms with Crippen molar-refractivity contribution in [3.05, 3.63) is 95.3 Å². The van der Waals surface area contributed by atoms with E-state index in [0.717, 1.165) is 29.7 Å². The highest BCUT2D eigenvalue weighted by Gasteiger charge is 2.24. The second kappa shape index (κ2) is 8.35. The first-order chi connectivity index (χ1) is 16.0. The number of aromatic nitrogens is 3. The van der Waals surface area contributed by atoms with Gasteiger partial charge in [0.25, 0.3) is 5.91 Å². The highest BCUT2D eigenvalue weighted by atomic mass is 16.1. The van der Waals surface area contributed by atoms with Crippen LogP contribution in [0.15, 0.2) is 73.1 Å². The van der Waals surface area contributed by atoms with Gasteiger partial charge in [-0.2, -0.15) is 5.10 Å². The van der Waals surface area contributed by atoms with E-state index in [1.54, 1.807) is 30.5 Å². The van der Waals surface area contributed by atoms with Gasteiger partial charge in [-0.05, 0) is 55.7 Å². The van der Waals surface area contributed by atoms with Crippen molar-refractivity contribution in [3.63, 3.8) is 0 Å². The number of ketones is 1. The number of pyridine rings is 1. The van der Waals surface area contributed by atoms with E-state index in [1.807, 2.05) is 43.3 Å². The molecule has 0 aliphatic heterocycles. The Hall–Kier alpha value is -4.26. The number of hydrogen-bond acceptors (Lipinski definition) is 5. The molecule has 7 heteroatoms. The number of aryl methyl sites for hydroxylation is 1. The lowest BCUT2D eigenvalue weighted by Crippen LogP contribution is -2.25. The standard InChI is InChI=1S/C26H23N5O2/c1-16-8-9-19(26(33)30-20-10-11-20)14-23(16)31-25(27)21(15-29-31)24(32)18-6-4-5-17(13-18)22-7-2-3-12-28-22/h2-9,12-15,20H,10-11,27H2,1H3,(H,30,33). The average molecular weight is 438 g/mol. The van der Waals surface area contributed by atoms with Crippen LogP contribution in [0, 0.1) is 6.92 Å². The van der Waals surface area contributed by atoms with Gasteiger partial charge in [0.2, 0.25) is 0 Å². The molecule has 4 aromatic rings. The van der Waals surface area contributed by atoms with Gasteiger partial charge in [-0.15, -0.1) is 0 Å². The second-order valence-electron chi connectivity index (χ2n) is 8.23. The number of nitrogens with one attached hydrogen (secondary N) is 1. The Bertz CT molecular complexity index is 1360. The van der Waals surface area contributed by atoms with Gasteiger partial charge in [0, 0.05) is 28.9 Å². The summed E-state index contributed by atoms with van der Waals surface area (Å²) in [6.07, 6.45) is 5.22. The van der Waals surface area contributed by atoms with E-state index in [0.29, 0.717) is 22.4 Å². The van der Waals surface area contributed by atoms with Gasteiger partial charge in [-0.25, -0.2) is 4.68 Å². The Morgan fingerprint density at radius 3 is 2.64 bits per heavy atom. The third-order valence-electron chi connectivity index (χ3n) is 5.75. The van der Waals surface area contributed by atoms with Crippen LogP contribution >= 0.6 is 0 Å². The maximum Gasteiger partial charge on any atom is 0.251 e.